The van der Waals surface area contributed by atoms with E-state index < -0.39 is 5.97 Å². The third-order valence-corrected chi connectivity index (χ3v) is 3.17. The topological polar surface area (TPSA) is 55.8 Å². The summed E-state index contributed by atoms with van der Waals surface area (Å²) in [5.41, 5.74) is 2.77. The molecule has 0 aromatic heterocycles. The second-order valence-corrected chi connectivity index (χ2v) is 5.35. The number of hydrogen-bond donors (Lipinski definition) is 1. The van der Waals surface area contributed by atoms with Crippen LogP contribution in [0.5, 0.6) is 11.5 Å². The maximum Gasteiger partial charge on any atom is 0.335 e. The summed E-state index contributed by atoms with van der Waals surface area (Å²) < 4.78 is 10.8. The molecule has 1 aromatic carbocycles. The van der Waals surface area contributed by atoms with Crippen molar-refractivity contribution in [2.75, 3.05) is 13.7 Å². The number of benzene rings is 1. The van der Waals surface area contributed by atoms with Gasteiger partial charge in [0.05, 0.1) is 12.7 Å². The Morgan fingerprint density at radius 1 is 1.18 bits per heavy atom. The Kier molecular flexibility index (Phi) is 7.23. The van der Waals surface area contributed by atoms with Gasteiger partial charge in [-0.2, -0.15) is 0 Å². The van der Waals surface area contributed by atoms with Crippen LogP contribution in [0.3, 0.4) is 0 Å². The molecule has 0 bridgehead atoms. The Bertz CT molecular complexity index is 566. The van der Waals surface area contributed by atoms with Gasteiger partial charge in [0, 0.05) is 0 Å². The van der Waals surface area contributed by atoms with Crippen LogP contribution in [0.2, 0.25) is 0 Å². The van der Waals surface area contributed by atoms with Crippen LogP contribution in [0.4, 0.5) is 0 Å². The predicted octanol–water partition coefficient (Wildman–Crippen LogP) is 4.46. The molecular formula is C18H24O4. The quantitative estimate of drug-likeness (QED) is 0.720. The number of carbonyl (C=O) groups is 1. The third kappa shape index (κ3) is 6.04. The fourth-order valence-electron chi connectivity index (χ4n) is 1.88. The molecule has 22 heavy (non-hydrogen) atoms. The lowest BCUT2D eigenvalue weighted by molar-refractivity contribution is 0.0696. The van der Waals surface area contributed by atoms with Crippen LogP contribution in [-0.4, -0.2) is 24.8 Å². The fraction of sp³-hybridized carbons (Fsp3) is 0.389. The van der Waals surface area contributed by atoms with Crippen molar-refractivity contribution in [3.8, 4) is 11.5 Å². The van der Waals surface area contributed by atoms with Gasteiger partial charge in [-0.05, 0) is 57.9 Å². The Labute approximate surface area is 132 Å². The van der Waals surface area contributed by atoms with Gasteiger partial charge in [-0.3, -0.25) is 0 Å². The molecule has 1 rings (SSSR count). The second kappa shape index (κ2) is 8.93. The van der Waals surface area contributed by atoms with Crippen LogP contribution in [0.25, 0.3) is 0 Å². The number of carboxylic acid groups (broad SMARTS) is 1. The van der Waals surface area contributed by atoms with Crippen molar-refractivity contribution in [1.82, 2.24) is 0 Å². The highest BCUT2D eigenvalue weighted by molar-refractivity contribution is 5.88. The first-order valence-electron chi connectivity index (χ1n) is 7.27. The van der Waals surface area contributed by atoms with Gasteiger partial charge in [-0.25, -0.2) is 4.79 Å². The minimum absolute atomic E-state index is 0.178. The number of rotatable bonds is 8. The SMILES string of the molecule is COc1cc(C(=O)O)ccc1OC/C=C(\C)CCC=C(C)C. The molecule has 1 N–H and O–H groups in total. The lowest BCUT2D eigenvalue weighted by Gasteiger charge is -2.10. The number of ether oxygens (including phenoxy) is 2. The fourth-order valence-corrected chi connectivity index (χ4v) is 1.88. The van der Waals surface area contributed by atoms with E-state index in [1.807, 2.05) is 6.08 Å². The number of aromatic carboxylic acids is 1. The maximum absolute atomic E-state index is 10.9. The van der Waals surface area contributed by atoms with Crippen molar-refractivity contribution >= 4 is 5.97 Å². The van der Waals surface area contributed by atoms with E-state index in [0.717, 1.165) is 12.8 Å². The molecule has 0 heterocycles. The van der Waals surface area contributed by atoms with Gasteiger partial charge in [0.2, 0.25) is 0 Å². The Hall–Kier alpha value is -2.23. The summed E-state index contributed by atoms with van der Waals surface area (Å²) in [5, 5.41) is 8.96. The first-order chi connectivity index (χ1) is 10.4. The molecule has 120 valence electrons. The van der Waals surface area contributed by atoms with Crippen LogP contribution in [0.1, 0.15) is 44.0 Å². The Balaban J connectivity index is 2.60. The summed E-state index contributed by atoms with van der Waals surface area (Å²) >= 11 is 0. The van der Waals surface area contributed by atoms with E-state index >= 15 is 0 Å². The van der Waals surface area contributed by atoms with Crippen molar-refractivity contribution in [2.45, 2.75) is 33.6 Å². The molecule has 0 saturated carbocycles. The summed E-state index contributed by atoms with van der Waals surface area (Å²) in [6.07, 6.45) is 6.28. The minimum Gasteiger partial charge on any atom is -0.493 e. The molecule has 0 radical (unpaired) electrons. The zero-order valence-electron chi connectivity index (χ0n) is 13.7. The van der Waals surface area contributed by atoms with E-state index in [1.165, 1.54) is 30.4 Å². The molecule has 4 heteroatoms. The van der Waals surface area contributed by atoms with E-state index in [4.69, 9.17) is 14.6 Å². The smallest absolute Gasteiger partial charge is 0.335 e. The standard InChI is InChI=1S/C18H24O4/c1-13(2)6-5-7-14(3)10-11-22-16-9-8-15(18(19)20)12-17(16)21-4/h6,8-10,12H,5,7,11H2,1-4H3,(H,19,20)/b14-10+. The largest absolute Gasteiger partial charge is 0.493 e. The van der Waals surface area contributed by atoms with Gasteiger partial charge in [-0.1, -0.05) is 17.2 Å². The van der Waals surface area contributed by atoms with Crippen molar-refractivity contribution in [3.05, 3.63) is 47.1 Å². The average molecular weight is 304 g/mol. The molecule has 0 fully saturated rings. The summed E-state index contributed by atoms with van der Waals surface area (Å²) in [7, 11) is 1.49. The van der Waals surface area contributed by atoms with Gasteiger partial charge in [0.1, 0.15) is 6.61 Å². The Morgan fingerprint density at radius 3 is 2.50 bits per heavy atom. The average Bonchev–Trinajstić information content (AvgIpc) is 2.46. The molecule has 0 atom stereocenters. The summed E-state index contributed by atoms with van der Waals surface area (Å²) in [6, 6.07) is 4.59. The number of hydrogen-bond acceptors (Lipinski definition) is 3. The number of methoxy groups -OCH3 is 1. The first kappa shape index (κ1) is 17.8. The molecule has 4 nitrogen and oxygen atoms in total. The van der Waals surface area contributed by atoms with Gasteiger partial charge in [-0.15, -0.1) is 0 Å². The van der Waals surface area contributed by atoms with Crippen molar-refractivity contribution in [1.29, 1.82) is 0 Å². The van der Waals surface area contributed by atoms with Gasteiger partial charge < -0.3 is 14.6 Å². The number of carboxylic acids is 1. The van der Waals surface area contributed by atoms with Crippen LogP contribution in [-0.2, 0) is 0 Å². The lowest BCUT2D eigenvalue weighted by atomic mass is 10.1. The second-order valence-electron chi connectivity index (χ2n) is 5.35. The van der Waals surface area contributed by atoms with Crippen LogP contribution in [0, 0.1) is 0 Å². The van der Waals surface area contributed by atoms with Crippen molar-refractivity contribution < 1.29 is 19.4 Å². The van der Waals surface area contributed by atoms with E-state index in [0.29, 0.717) is 18.1 Å². The first-order valence-corrected chi connectivity index (χ1v) is 7.27. The van der Waals surface area contributed by atoms with Crippen molar-refractivity contribution in [2.24, 2.45) is 0 Å². The highest BCUT2D eigenvalue weighted by Crippen LogP contribution is 2.28. The molecule has 0 saturated heterocycles. The van der Waals surface area contributed by atoms with E-state index in [9.17, 15) is 4.79 Å². The normalized spacial score (nSPS) is 11.0. The highest BCUT2D eigenvalue weighted by atomic mass is 16.5. The summed E-state index contributed by atoms with van der Waals surface area (Å²) in [6.45, 7) is 6.70. The molecule has 0 spiro atoms. The Morgan fingerprint density at radius 2 is 1.91 bits per heavy atom. The molecular weight excluding hydrogens is 280 g/mol. The number of allylic oxidation sites excluding steroid dienone is 3. The lowest BCUT2D eigenvalue weighted by Crippen LogP contribution is -2.01. The van der Waals surface area contributed by atoms with Crippen LogP contribution >= 0.6 is 0 Å². The van der Waals surface area contributed by atoms with E-state index in [1.54, 1.807) is 6.07 Å². The molecule has 0 aliphatic carbocycles. The molecule has 0 aliphatic rings. The minimum atomic E-state index is -0.986. The van der Waals surface area contributed by atoms with Crippen LogP contribution < -0.4 is 9.47 Å². The van der Waals surface area contributed by atoms with E-state index in [-0.39, 0.29) is 5.56 Å². The van der Waals surface area contributed by atoms with Crippen molar-refractivity contribution in [3.63, 3.8) is 0 Å². The maximum atomic E-state index is 10.9. The van der Waals surface area contributed by atoms with Gasteiger partial charge in [0.25, 0.3) is 0 Å². The molecule has 1 aromatic rings. The van der Waals surface area contributed by atoms with Gasteiger partial charge >= 0.3 is 5.97 Å². The molecule has 0 unspecified atom stereocenters. The van der Waals surface area contributed by atoms with E-state index in [2.05, 4.69) is 26.8 Å². The monoisotopic (exact) mass is 304 g/mol. The van der Waals surface area contributed by atoms with Crippen LogP contribution in [0.15, 0.2) is 41.5 Å². The summed E-state index contributed by atoms with van der Waals surface area (Å²) in [5.74, 6) is -0.0174. The zero-order valence-corrected chi connectivity index (χ0v) is 13.7. The predicted molar refractivity (Wildman–Crippen MR) is 87.9 cm³/mol. The zero-order chi connectivity index (χ0) is 16.5. The molecule has 0 amide bonds. The summed E-state index contributed by atoms with van der Waals surface area (Å²) in [4.78, 5) is 10.9. The van der Waals surface area contributed by atoms with Gasteiger partial charge in [0.15, 0.2) is 11.5 Å². The third-order valence-electron chi connectivity index (χ3n) is 3.17. The molecule has 0 aliphatic heterocycles. The highest BCUT2D eigenvalue weighted by Gasteiger charge is 2.09.